The standard InChI is InChI=1S/C19H24/c1-3-15-19(16-4-2,17-11-7-5-8-12-17)18-13-9-6-10-14-18/h5-14H,3-4,15-16H2,1-2H3. The summed E-state index contributed by atoms with van der Waals surface area (Å²) in [6, 6.07) is 22.0. The van der Waals surface area contributed by atoms with E-state index in [-0.39, 0.29) is 5.41 Å². The second kappa shape index (κ2) is 6.56. The van der Waals surface area contributed by atoms with Gasteiger partial charge < -0.3 is 0 Å². The number of hydrogen-bond donors (Lipinski definition) is 0. The molecule has 0 radical (unpaired) electrons. The molecule has 0 nitrogen and oxygen atoms in total. The molecule has 0 amide bonds. The van der Waals surface area contributed by atoms with Crippen molar-refractivity contribution in [2.45, 2.75) is 44.9 Å². The zero-order valence-corrected chi connectivity index (χ0v) is 12.1. The van der Waals surface area contributed by atoms with Crippen molar-refractivity contribution in [3.05, 3.63) is 71.8 Å². The van der Waals surface area contributed by atoms with E-state index in [1.807, 2.05) is 0 Å². The molecule has 100 valence electrons. The lowest BCUT2D eigenvalue weighted by atomic mass is 9.68. The first-order valence-electron chi connectivity index (χ1n) is 7.44. The van der Waals surface area contributed by atoms with E-state index in [9.17, 15) is 0 Å². The summed E-state index contributed by atoms with van der Waals surface area (Å²) >= 11 is 0. The highest BCUT2D eigenvalue weighted by atomic mass is 14.3. The molecule has 2 rings (SSSR count). The van der Waals surface area contributed by atoms with Crippen LogP contribution in [0, 0.1) is 0 Å². The zero-order valence-electron chi connectivity index (χ0n) is 12.1. The van der Waals surface area contributed by atoms with Crippen LogP contribution in [0.1, 0.15) is 50.7 Å². The van der Waals surface area contributed by atoms with Crippen LogP contribution in [0.25, 0.3) is 0 Å². The Kier molecular flexibility index (Phi) is 4.79. The molecule has 0 atom stereocenters. The van der Waals surface area contributed by atoms with Crippen LogP contribution in [0.15, 0.2) is 60.7 Å². The molecule has 0 aliphatic rings. The summed E-state index contributed by atoms with van der Waals surface area (Å²) < 4.78 is 0. The SMILES string of the molecule is CCCC(CCC)(c1ccccc1)c1ccccc1. The Balaban J connectivity index is 2.54. The van der Waals surface area contributed by atoms with Crippen molar-refractivity contribution in [1.29, 1.82) is 0 Å². The van der Waals surface area contributed by atoms with Crippen LogP contribution in [0.4, 0.5) is 0 Å². The summed E-state index contributed by atoms with van der Waals surface area (Å²) in [6.45, 7) is 4.58. The molecule has 0 heterocycles. The van der Waals surface area contributed by atoms with E-state index in [1.54, 1.807) is 0 Å². The first-order valence-corrected chi connectivity index (χ1v) is 7.44. The topological polar surface area (TPSA) is 0 Å². The quantitative estimate of drug-likeness (QED) is 0.630. The van der Waals surface area contributed by atoms with Gasteiger partial charge in [-0.1, -0.05) is 87.4 Å². The number of benzene rings is 2. The first-order chi connectivity index (χ1) is 9.33. The fraction of sp³-hybridized carbons (Fsp3) is 0.368. The van der Waals surface area contributed by atoms with Gasteiger partial charge in [-0.25, -0.2) is 0 Å². The molecule has 0 aromatic heterocycles. The first kappa shape index (κ1) is 13.9. The van der Waals surface area contributed by atoms with E-state index in [1.165, 1.54) is 36.8 Å². The minimum Gasteiger partial charge on any atom is -0.0653 e. The van der Waals surface area contributed by atoms with Crippen molar-refractivity contribution in [2.75, 3.05) is 0 Å². The molecule has 0 unspecified atom stereocenters. The van der Waals surface area contributed by atoms with Crippen LogP contribution < -0.4 is 0 Å². The van der Waals surface area contributed by atoms with Gasteiger partial charge in [0.15, 0.2) is 0 Å². The fourth-order valence-electron chi connectivity index (χ4n) is 3.24. The number of hydrogen-bond acceptors (Lipinski definition) is 0. The lowest BCUT2D eigenvalue weighted by Crippen LogP contribution is -2.27. The molecular weight excluding hydrogens is 228 g/mol. The predicted octanol–water partition coefficient (Wildman–Crippen LogP) is 5.57. The molecule has 0 aliphatic carbocycles. The van der Waals surface area contributed by atoms with Gasteiger partial charge in [-0.3, -0.25) is 0 Å². The van der Waals surface area contributed by atoms with Crippen LogP contribution in [0.5, 0.6) is 0 Å². The van der Waals surface area contributed by atoms with Crippen molar-refractivity contribution in [2.24, 2.45) is 0 Å². The molecule has 0 saturated heterocycles. The summed E-state index contributed by atoms with van der Waals surface area (Å²) in [5.74, 6) is 0. The Labute approximate surface area is 117 Å². The molecular formula is C19H24. The maximum absolute atomic E-state index is 2.29. The molecule has 0 fully saturated rings. The highest BCUT2D eigenvalue weighted by Crippen LogP contribution is 2.40. The smallest absolute Gasteiger partial charge is 0.0202 e. The van der Waals surface area contributed by atoms with E-state index >= 15 is 0 Å². The van der Waals surface area contributed by atoms with Gasteiger partial charge in [0.1, 0.15) is 0 Å². The molecule has 2 aromatic carbocycles. The molecule has 19 heavy (non-hydrogen) atoms. The lowest BCUT2D eigenvalue weighted by molar-refractivity contribution is 0.426. The molecule has 0 saturated carbocycles. The van der Waals surface area contributed by atoms with E-state index in [2.05, 4.69) is 74.5 Å². The second-order valence-electron chi connectivity index (χ2n) is 5.31. The van der Waals surface area contributed by atoms with Crippen LogP contribution in [0.2, 0.25) is 0 Å². The number of rotatable bonds is 6. The van der Waals surface area contributed by atoms with Gasteiger partial charge in [0, 0.05) is 5.41 Å². The molecule has 0 N–H and O–H groups in total. The van der Waals surface area contributed by atoms with Gasteiger partial charge in [0.05, 0.1) is 0 Å². The summed E-state index contributed by atoms with van der Waals surface area (Å²) in [6.07, 6.45) is 4.86. The van der Waals surface area contributed by atoms with Gasteiger partial charge in [-0.2, -0.15) is 0 Å². The molecule has 0 bridgehead atoms. The Morgan fingerprint density at radius 3 is 1.32 bits per heavy atom. The Hall–Kier alpha value is -1.56. The second-order valence-corrected chi connectivity index (χ2v) is 5.31. The van der Waals surface area contributed by atoms with Gasteiger partial charge in [0.2, 0.25) is 0 Å². The summed E-state index contributed by atoms with van der Waals surface area (Å²) in [7, 11) is 0. The van der Waals surface area contributed by atoms with E-state index < -0.39 is 0 Å². The van der Waals surface area contributed by atoms with Gasteiger partial charge in [-0.15, -0.1) is 0 Å². The van der Waals surface area contributed by atoms with E-state index in [0.717, 1.165) is 0 Å². The average molecular weight is 252 g/mol. The van der Waals surface area contributed by atoms with E-state index in [0.29, 0.717) is 0 Å². The van der Waals surface area contributed by atoms with Crippen molar-refractivity contribution >= 4 is 0 Å². The largest absolute Gasteiger partial charge is 0.0653 e. The summed E-state index contributed by atoms with van der Waals surface area (Å²) in [4.78, 5) is 0. The monoisotopic (exact) mass is 252 g/mol. The highest BCUT2D eigenvalue weighted by molar-refractivity contribution is 5.39. The minimum atomic E-state index is 0.187. The molecule has 0 spiro atoms. The van der Waals surface area contributed by atoms with Crippen LogP contribution in [0.3, 0.4) is 0 Å². The normalized spacial score (nSPS) is 11.5. The van der Waals surface area contributed by atoms with Gasteiger partial charge in [-0.05, 0) is 24.0 Å². The van der Waals surface area contributed by atoms with Crippen molar-refractivity contribution in [3.63, 3.8) is 0 Å². The van der Waals surface area contributed by atoms with E-state index in [4.69, 9.17) is 0 Å². The van der Waals surface area contributed by atoms with Gasteiger partial charge >= 0.3 is 0 Å². The molecule has 0 heteroatoms. The van der Waals surface area contributed by atoms with Crippen molar-refractivity contribution < 1.29 is 0 Å². The summed E-state index contributed by atoms with van der Waals surface area (Å²) in [5.41, 5.74) is 3.11. The van der Waals surface area contributed by atoms with Crippen LogP contribution in [-0.2, 0) is 5.41 Å². The lowest BCUT2D eigenvalue weighted by Gasteiger charge is -2.35. The van der Waals surface area contributed by atoms with Crippen LogP contribution >= 0.6 is 0 Å². The third-order valence-electron chi connectivity index (χ3n) is 4.01. The third kappa shape index (κ3) is 2.89. The third-order valence-corrected chi connectivity index (χ3v) is 4.01. The van der Waals surface area contributed by atoms with Crippen molar-refractivity contribution in [1.82, 2.24) is 0 Å². The van der Waals surface area contributed by atoms with Crippen LogP contribution in [-0.4, -0.2) is 0 Å². The fourth-order valence-corrected chi connectivity index (χ4v) is 3.24. The Morgan fingerprint density at radius 1 is 0.632 bits per heavy atom. The van der Waals surface area contributed by atoms with Gasteiger partial charge in [0.25, 0.3) is 0 Å². The minimum absolute atomic E-state index is 0.187. The maximum atomic E-state index is 2.29. The molecule has 2 aromatic rings. The average Bonchev–Trinajstić information content (AvgIpc) is 2.49. The predicted molar refractivity (Wildman–Crippen MR) is 83.5 cm³/mol. The summed E-state index contributed by atoms with van der Waals surface area (Å²) in [5, 5.41) is 0. The molecule has 0 aliphatic heterocycles. The highest BCUT2D eigenvalue weighted by Gasteiger charge is 2.31. The maximum Gasteiger partial charge on any atom is 0.0202 e. The van der Waals surface area contributed by atoms with Crippen molar-refractivity contribution in [3.8, 4) is 0 Å². The zero-order chi connectivity index (χ0) is 13.6. The Morgan fingerprint density at radius 2 is 1.00 bits per heavy atom. The Bertz CT molecular complexity index is 422.